The Kier molecular flexibility index (Phi) is 5.16. The number of aromatic hydroxyl groups is 1. The van der Waals surface area contributed by atoms with Gasteiger partial charge in [-0.15, -0.1) is 0 Å². The first-order chi connectivity index (χ1) is 10.5. The molecular formula is C16H14BrNO4. The summed E-state index contributed by atoms with van der Waals surface area (Å²) in [5.41, 5.74) is 1.20. The van der Waals surface area contributed by atoms with Crippen LogP contribution in [0.3, 0.4) is 0 Å². The van der Waals surface area contributed by atoms with Gasteiger partial charge in [0.25, 0.3) is 5.91 Å². The van der Waals surface area contributed by atoms with E-state index in [4.69, 9.17) is 4.74 Å². The Morgan fingerprint density at radius 3 is 2.55 bits per heavy atom. The van der Waals surface area contributed by atoms with Gasteiger partial charge in [-0.25, -0.2) is 4.79 Å². The van der Waals surface area contributed by atoms with Crippen LogP contribution in [0.4, 0.5) is 5.69 Å². The lowest BCUT2D eigenvalue weighted by Crippen LogP contribution is -2.21. The summed E-state index contributed by atoms with van der Waals surface area (Å²) in [4.78, 5) is 23.6. The molecule has 5 nitrogen and oxygen atoms in total. The molecule has 22 heavy (non-hydrogen) atoms. The molecule has 2 N–H and O–H groups in total. The quantitative estimate of drug-likeness (QED) is 0.817. The first-order valence-corrected chi connectivity index (χ1v) is 7.28. The highest BCUT2D eigenvalue weighted by Crippen LogP contribution is 2.22. The smallest absolute Gasteiger partial charge is 0.342 e. The van der Waals surface area contributed by atoms with Crippen molar-refractivity contribution >= 4 is 33.5 Å². The normalized spacial score (nSPS) is 10.1. The minimum absolute atomic E-state index is 0.0384. The lowest BCUT2D eigenvalue weighted by atomic mass is 10.1. The van der Waals surface area contributed by atoms with Crippen LogP contribution in [-0.2, 0) is 9.53 Å². The van der Waals surface area contributed by atoms with Gasteiger partial charge >= 0.3 is 5.97 Å². The zero-order valence-electron chi connectivity index (χ0n) is 11.8. The number of phenols is 1. The number of aryl methyl sites for hydroxylation is 1. The molecule has 0 aromatic heterocycles. The second kappa shape index (κ2) is 7.09. The van der Waals surface area contributed by atoms with Crippen LogP contribution in [0, 0.1) is 6.92 Å². The molecule has 0 aliphatic carbocycles. The van der Waals surface area contributed by atoms with E-state index in [9.17, 15) is 14.7 Å². The summed E-state index contributed by atoms with van der Waals surface area (Å²) in [6.07, 6.45) is 0. The number of rotatable bonds is 4. The van der Waals surface area contributed by atoms with Crippen LogP contribution in [-0.4, -0.2) is 23.6 Å². The molecule has 0 aliphatic rings. The number of hydrogen-bond acceptors (Lipinski definition) is 4. The molecule has 0 unspecified atom stereocenters. The lowest BCUT2D eigenvalue weighted by Gasteiger charge is -2.08. The number of esters is 1. The third-order valence-corrected chi connectivity index (χ3v) is 3.45. The largest absolute Gasteiger partial charge is 0.507 e. The van der Waals surface area contributed by atoms with Crippen LogP contribution >= 0.6 is 15.9 Å². The van der Waals surface area contributed by atoms with Gasteiger partial charge in [-0.05, 0) is 42.8 Å². The second-order valence-corrected chi connectivity index (χ2v) is 5.52. The molecule has 114 valence electrons. The van der Waals surface area contributed by atoms with E-state index < -0.39 is 18.5 Å². The van der Waals surface area contributed by atoms with Gasteiger partial charge < -0.3 is 15.2 Å². The van der Waals surface area contributed by atoms with Crippen LogP contribution < -0.4 is 5.32 Å². The molecule has 0 spiro atoms. The predicted molar refractivity (Wildman–Crippen MR) is 85.9 cm³/mol. The van der Waals surface area contributed by atoms with Gasteiger partial charge in [0.15, 0.2) is 6.61 Å². The number of phenolic OH excluding ortho intramolecular Hbond substituents is 1. The minimum Gasteiger partial charge on any atom is -0.507 e. The molecule has 0 fully saturated rings. The van der Waals surface area contributed by atoms with Crippen molar-refractivity contribution in [2.75, 3.05) is 11.9 Å². The highest BCUT2D eigenvalue weighted by Gasteiger charge is 2.15. The van der Waals surface area contributed by atoms with Crippen molar-refractivity contribution in [3.8, 4) is 5.75 Å². The van der Waals surface area contributed by atoms with Crippen LogP contribution in [0.1, 0.15) is 15.9 Å². The molecule has 0 heterocycles. The molecule has 1 amide bonds. The topological polar surface area (TPSA) is 75.6 Å². The third-order valence-electron chi connectivity index (χ3n) is 2.92. The van der Waals surface area contributed by atoms with Gasteiger partial charge in [-0.3, -0.25) is 4.79 Å². The molecule has 0 atom stereocenters. The van der Waals surface area contributed by atoms with Crippen LogP contribution in [0.25, 0.3) is 0 Å². The van der Waals surface area contributed by atoms with Crippen molar-refractivity contribution in [2.45, 2.75) is 6.92 Å². The average Bonchev–Trinajstić information content (AvgIpc) is 2.50. The summed E-state index contributed by atoms with van der Waals surface area (Å²) in [6.45, 7) is 1.24. The van der Waals surface area contributed by atoms with Gasteiger partial charge in [0.2, 0.25) is 0 Å². The number of anilines is 1. The molecule has 6 heteroatoms. The van der Waals surface area contributed by atoms with Crippen molar-refractivity contribution < 1.29 is 19.4 Å². The molecular weight excluding hydrogens is 350 g/mol. The summed E-state index contributed by atoms with van der Waals surface area (Å²) in [5, 5.41) is 12.4. The number of halogens is 1. The van der Waals surface area contributed by atoms with Gasteiger partial charge in [-0.1, -0.05) is 28.1 Å². The Morgan fingerprint density at radius 2 is 1.86 bits per heavy atom. The highest BCUT2D eigenvalue weighted by atomic mass is 79.9. The fraction of sp³-hybridized carbons (Fsp3) is 0.125. The fourth-order valence-electron chi connectivity index (χ4n) is 1.76. The Morgan fingerprint density at radius 1 is 1.18 bits per heavy atom. The molecule has 0 aliphatic heterocycles. The summed E-state index contributed by atoms with van der Waals surface area (Å²) in [6, 6.07) is 11.8. The zero-order chi connectivity index (χ0) is 16.1. The minimum atomic E-state index is -0.743. The van der Waals surface area contributed by atoms with Gasteiger partial charge in [0.1, 0.15) is 11.3 Å². The second-order valence-electron chi connectivity index (χ2n) is 4.60. The van der Waals surface area contributed by atoms with E-state index in [1.807, 2.05) is 0 Å². The van der Waals surface area contributed by atoms with Gasteiger partial charge in [0, 0.05) is 10.2 Å². The molecule has 0 saturated heterocycles. The monoisotopic (exact) mass is 363 g/mol. The fourth-order valence-corrected chi connectivity index (χ4v) is 2.03. The number of carbonyl (C=O) groups excluding carboxylic acids is 2. The number of carbonyl (C=O) groups is 2. The Bertz CT molecular complexity index is 698. The van der Waals surface area contributed by atoms with Crippen LogP contribution in [0.15, 0.2) is 46.9 Å². The van der Waals surface area contributed by atoms with Crippen molar-refractivity contribution in [3.05, 3.63) is 58.1 Å². The maximum atomic E-state index is 11.9. The predicted octanol–water partition coefficient (Wildman–Crippen LogP) is 3.26. The SMILES string of the molecule is Cc1cccc(C(=O)OCC(=O)Nc2ccc(Br)cc2)c1O. The van der Waals surface area contributed by atoms with Crippen LogP contribution in [0.5, 0.6) is 5.75 Å². The van der Waals surface area contributed by atoms with Crippen molar-refractivity contribution in [1.82, 2.24) is 0 Å². The zero-order valence-corrected chi connectivity index (χ0v) is 13.4. The Balaban J connectivity index is 1.92. The van der Waals surface area contributed by atoms with Crippen molar-refractivity contribution in [3.63, 3.8) is 0 Å². The molecule has 2 aromatic carbocycles. The lowest BCUT2D eigenvalue weighted by molar-refractivity contribution is -0.119. The van der Waals surface area contributed by atoms with E-state index in [-0.39, 0.29) is 11.3 Å². The molecule has 2 aromatic rings. The van der Waals surface area contributed by atoms with E-state index in [1.165, 1.54) is 6.07 Å². The summed E-state index contributed by atoms with van der Waals surface area (Å²) in [7, 11) is 0. The van der Waals surface area contributed by atoms with E-state index in [1.54, 1.807) is 43.3 Å². The number of ether oxygens (including phenoxy) is 1. The molecule has 0 saturated carbocycles. The number of hydrogen-bond donors (Lipinski definition) is 2. The standard InChI is InChI=1S/C16H14BrNO4/c1-10-3-2-4-13(15(10)20)16(21)22-9-14(19)18-12-7-5-11(17)6-8-12/h2-8,20H,9H2,1H3,(H,18,19). The first kappa shape index (κ1) is 16.0. The van der Waals surface area contributed by atoms with E-state index in [0.717, 1.165) is 4.47 Å². The van der Waals surface area contributed by atoms with Crippen molar-refractivity contribution in [2.24, 2.45) is 0 Å². The van der Waals surface area contributed by atoms with E-state index in [0.29, 0.717) is 11.3 Å². The number of nitrogens with one attached hydrogen (secondary N) is 1. The summed E-state index contributed by atoms with van der Waals surface area (Å²) < 4.78 is 5.80. The maximum Gasteiger partial charge on any atom is 0.342 e. The van der Waals surface area contributed by atoms with E-state index in [2.05, 4.69) is 21.2 Å². The maximum absolute atomic E-state index is 11.9. The number of para-hydroxylation sites is 1. The Hall–Kier alpha value is -2.34. The van der Waals surface area contributed by atoms with Gasteiger partial charge in [0.05, 0.1) is 0 Å². The van der Waals surface area contributed by atoms with Crippen LogP contribution in [0.2, 0.25) is 0 Å². The van der Waals surface area contributed by atoms with Gasteiger partial charge in [-0.2, -0.15) is 0 Å². The number of amides is 1. The molecule has 0 radical (unpaired) electrons. The summed E-state index contributed by atoms with van der Waals surface area (Å²) >= 11 is 3.29. The summed E-state index contributed by atoms with van der Waals surface area (Å²) in [5.74, 6) is -1.34. The highest BCUT2D eigenvalue weighted by molar-refractivity contribution is 9.10. The van der Waals surface area contributed by atoms with Crippen molar-refractivity contribution in [1.29, 1.82) is 0 Å². The molecule has 2 rings (SSSR count). The first-order valence-electron chi connectivity index (χ1n) is 6.48. The Labute approximate surface area is 136 Å². The number of benzene rings is 2. The third kappa shape index (κ3) is 4.08. The molecule has 0 bridgehead atoms. The average molecular weight is 364 g/mol. The van der Waals surface area contributed by atoms with E-state index >= 15 is 0 Å².